The molecule has 0 N–H and O–H groups in total. The predicted octanol–water partition coefficient (Wildman–Crippen LogP) is 3.58. The van der Waals surface area contributed by atoms with Crippen LogP contribution in [0, 0.1) is 0 Å². The van der Waals surface area contributed by atoms with Crippen molar-refractivity contribution in [2.75, 3.05) is 11.4 Å². The average Bonchev–Trinajstić information content (AvgIpc) is 2.93. The lowest BCUT2D eigenvalue weighted by Gasteiger charge is -2.35. The van der Waals surface area contributed by atoms with Gasteiger partial charge in [0.1, 0.15) is 0 Å². The van der Waals surface area contributed by atoms with Crippen LogP contribution >= 0.6 is 34.5 Å². The Hall–Kier alpha value is -1.63. The first-order valence-corrected chi connectivity index (χ1v) is 8.71. The van der Waals surface area contributed by atoms with Gasteiger partial charge in [-0.05, 0) is 36.6 Å². The maximum Gasteiger partial charge on any atom is 0.275 e. The predicted molar refractivity (Wildman–Crippen MR) is 93.1 cm³/mol. The summed E-state index contributed by atoms with van der Waals surface area (Å²) in [4.78, 5) is 18.8. The van der Waals surface area contributed by atoms with Crippen LogP contribution in [0.3, 0.4) is 0 Å². The maximum absolute atomic E-state index is 11.9. The summed E-state index contributed by atoms with van der Waals surface area (Å²) in [5.41, 5.74) is 2.07. The molecule has 0 spiro atoms. The lowest BCUT2D eigenvalue weighted by Crippen LogP contribution is -2.34. The number of halogens is 2. The fourth-order valence-corrected chi connectivity index (χ4v) is 4.55. The molecule has 5 nitrogen and oxygen atoms in total. The van der Waals surface area contributed by atoms with Gasteiger partial charge in [0.15, 0.2) is 0 Å². The van der Waals surface area contributed by atoms with E-state index >= 15 is 0 Å². The fourth-order valence-electron chi connectivity index (χ4n) is 2.96. The van der Waals surface area contributed by atoms with Crippen molar-refractivity contribution in [1.82, 2.24) is 14.6 Å². The molecule has 3 aromatic rings. The minimum atomic E-state index is -0.173. The summed E-state index contributed by atoms with van der Waals surface area (Å²) < 4.78 is 1.34. The van der Waals surface area contributed by atoms with Crippen LogP contribution < -0.4 is 10.5 Å². The minimum absolute atomic E-state index is 0.0752. The van der Waals surface area contributed by atoms with Crippen molar-refractivity contribution < 1.29 is 0 Å². The molecular weight excluding hydrogens is 355 g/mol. The van der Waals surface area contributed by atoms with E-state index in [1.165, 1.54) is 28.1 Å². The summed E-state index contributed by atoms with van der Waals surface area (Å²) in [6.07, 6.45) is 2.32. The second-order valence-electron chi connectivity index (χ2n) is 5.44. The van der Waals surface area contributed by atoms with Gasteiger partial charge in [-0.15, -0.1) is 5.10 Å². The van der Waals surface area contributed by atoms with Crippen molar-refractivity contribution in [3.8, 4) is 0 Å². The van der Waals surface area contributed by atoms with Crippen molar-refractivity contribution in [1.29, 1.82) is 0 Å². The van der Waals surface area contributed by atoms with Crippen molar-refractivity contribution in [3.63, 3.8) is 0 Å². The Bertz CT molecular complexity index is 968. The minimum Gasteiger partial charge on any atom is -0.340 e. The van der Waals surface area contributed by atoms with Gasteiger partial charge in [-0.3, -0.25) is 4.79 Å². The SMILES string of the molecule is C[C@H]1c2cc(Cl)cc(Cl)c2CCN1c1nn2c(=O)ccnc2s1. The summed E-state index contributed by atoms with van der Waals surface area (Å²) in [5, 5.41) is 6.54. The van der Waals surface area contributed by atoms with E-state index in [9.17, 15) is 4.79 Å². The Balaban J connectivity index is 1.80. The summed E-state index contributed by atoms with van der Waals surface area (Å²) in [7, 11) is 0. The van der Waals surface area contributed by atoms with E-state index in [0.717, 1.165) is 29.2 Å². The Kier molecular flexibility index (Phi) is 3.55. The number of aromatic nitrogens is 3. The highest BCUT2D eigenvalue weighted by Gasteiger charge is 2.28. The Labute approximate surface area is 146 Å². The highest BCUT2D eigenvalue weighted by atomic mass is 35.5. The number of hydrogen-bond donors (Lipinski definition) is 0. The Morgan fingerprint density at radius 1 is 1.35 bits per heavy atom. The highest BCUT2D eigenvalue weighted by Crippen LogP contribution is 2.39. The molecule has 0 bridgehead atoms. The summed E-state index contributed by atoms with van der Waals surface area (Å²) in [5.74, 6) is 0. The van der Waals surface area contributed by atoms with Crippen LogP contribution in [0.15, 0.2) is 29.2 Å². The van der Waals surface area contributed by atoms with Crippen molar-refractivity contribution in [2.24, 2.45) is 0 Å². The van der Waals surface area contributed by atoms with E-state index in [1.54, 1.807) is 6.07 Å². The second kappa shape index (κ2) is 5.47. The van der Waals surface area contributed by atoms with Gasteiger partial charge in [-0.25, -0.2) is 4.98 Å². The van der Waals surface area contributed by atoms with Crippen LogP contribution in [0.25, 0.3) is 4.96 Å². The molecule has 1 aliphatic rings. The van der Waals surface area contributed by atoms with E-state index < -0.39 is 0 Å². The van der Waals surface area contributed by atoms with E-state index in [1.807, 2.05) is 6.07 Å². The average molecular weight is 367 g/mol. The molecule has 0 fully saturated rings. The number of rotatable bonds is 1. The molecule has 0 saturated heterocycles. The van der Waals surface area contributed by atoms with Gasteiger partial charge in [0.2, 0.25) is 10.1 Å². The first-order chi connectivity index (χ1) is 11.0. The molecule has 118 valence electrons. The fraction of sp³-hybridized carbons (Fsp3) is 0.267. The molecule has 3 heterocycles. The topological polar surface area (TPSA) is 50.5 Å². The summed E-state index contributed by atoms with van der Waals surface area (Å²) in [6, 6.07) is 5.22. The van der Waals surface area contributed by atoms with Gasteiger partial charge >= 0.3 is 0 Å². The largest absolute Gasteiger partial charge is 0.340 e. The van der Waals surface area contributed by atoms with Gasteiger partial charge in [0.05, 0.1) is 6.04 Å². The van der Waals surface area contributed by atoms with Crippen molar-refractivity contribution in [2.45, 2.75) is 19.4 Å². The monoisotopic (exact) mass is 366 g/mol. The van der Waals surface area contributed by atoms with Crippen LogP contribution in [0.5, 0.6) is 0 Å². The molecule has 4 rings (SSSR count). The van der Waals surface area contributed by atoms with E-state index in [-0.39, 0.29) is 11.6 Å². The number of anilines is 1. The molecule has 0 aliphatic carbocycles. The van der Waals surface area contributed by atoms with Gasteiger partial charge in [-0.2, -0.15) is 4.52 Å². The summed E-state index contributed by atoms with van der Waals surface area (Å²) >= 11 is 13.9. The zero-order valence-electron chi connectivity index (χ0n) is 12.2. The van der Waals surface area contributed by atoms with Gasteiger partial charge in [0, 0.05) is 28.9 Å². The van der Waals surface area contributed by atoms with Gasteiger partial charge < -0.3 is 4.90 Å². The first kappa shape index (κ1) is 14.9. The van der Waals surface area contributed by atoms with Crippen LogP contribution in [0.1, 0.15) is 24.1 Å². The molecule has 8 heteroatoms. The van der Waals surface area contributed by atoms with E-state index in [4.69, 9.17) is 23.2 Å². The van der Waals surface area contributed by atoms with Crippen molar-refractivity contribution >= 4 is 44.6 Å². The maximum atomic E-state index is 11.9. The van der Waals surface area contributed by atoms with Gasteiger partial charge in [0.25, 0.3) is 5.56 Å². The lowest BCUT2D eigenvalue weighted by molar-refractivity contribution is 0.617. The van der Waals surface area contributed by atoms with Crippen molar-refractivity contribution in [3.05, 3.63) is 55.9 Å². The Morgan fingerprint density at radius 2 is 2.17 bits per heavy atom. The number of benzene rings is 1. The molecular formula is C15H12Cl2N4OS. The molecule has 23 heavy (non-hydrogen) atoms. The number of hydrogen-bond acceptors (Lipinski definition) is 5. The quantitative estimate of drug-likeness (QED) is 0.660. The first-order valence-electron chi connectivity index (χ1n) is 7.14. The standard InChI is InChI=1S/C15H12Cl2N4OS/c1-8-11-6-9(16)7-12(17)10(11)3-5-20(8)15-19-21-13(22)2-4-18-14(21)23-15/h2,4,6-8H,3,5H2,1H3/t8-/m0/s1. The molecule has 1 aliphatic heterocycles. The molecule has 0 unspecified atom stereocenters. The highest BCUT2D eigenvalue weighted by molar-refractivity contribution is 7.20. The number of nitrogens with zero attached hydrogens (tertiary/aromatic N) is 4. The third kappa shape index (κ3) is 2.41. The third-order valence-corrected chi connectivity index (χ3v) is 5.64. The molecule has 0 saturated carbocycles. The zero-order valence-corrected chi connectivity index (χ0v) is 14.5. The van der Waals surface area contributed by atoms with E-state index in [2.05, 4.69) is 21.9 Å². The number of fused-ring (bicyclic) bond motifs is 2. The summed E-state index contributed by atoms with van der Waals surface area (Å²) in [6.45, 7) is 2.87. The molecule has 2 aromatic heterocycles. The second-order valence-corrected chi connectivity index (χ2v) is 7.21. The van der Waals surface area contributed by atoms with E-state index in [0.29, 0.717) is 15.0 Å². The molecule has 0 amide bonds. The van der Waals surface area contributed by atoms with Crippen LogP contribution in [-0.4, -0.2) is 21.1 Å². The third-order valence-electron chi connectivity index (χ3n) is 4.12. The van der Waals surface area contributed by atoms with Crippen LogP contribution in [0.2, 0.25) is 10.0 Å². The zero-order chi connectivity index (χ0) is 16.1. The lowest BCUT2D eigenvalue weighted by atomic mass is 9.94. The molecule has 0 radical (unpaired) electrons. The van der Waals surface area contributed by atoms with Crippen LogP contribution in [0.4, 0.5) is 5.13 Å². The smallest absolute Gasteiger partial charge is 0.275 e. The molecule has 1 aromatic carbocycles. The van der Waals surface area contributed by atoms with Crippen LogP contribution in [-0.2, 0) is 6.42 Å². The molecule has 1 atom stereocenters. The normalized spacial score (nSPS) is 17.5. The van der Waals surface area contributed by atoms with Gasteiger partial charge in [-0.1, -0.05) is 34.5 Å². The Morgan fingerprint density at radius 3 is 2.96 bits per heavy atom.